The Morgan fingerprint density at radius 2 is 1.57 bits per heavy atom. The van der Waals surface area contributed by atoms with E-state index >= 15 is 0 Å². The molecule has 152 valence electrons. The second-order valence-corrected chi connectivity index (χ2v) is 10.1. The van der Waals surface area contributed by atoms with Gasteiger partial charge in [-0.2, -0.15) is 0 Å². The van der Waals surface area contributed by atoms with Gasteiger partial charge in [-0.1, -0.05) is 61.4 Å². The van der Waals surface area contributed by atoms with Crippen molar-refractivity contribution in [3.63, 3.8) is 0 Å². The molecule has 1 aromatic heterocycles. The fourth-order valence-electron chi connectivity index (χ4n) is 5.35. The van der Waals surface area contributed by atoms with Crippen molar-refractivity contribution in [1.82, 2.24) is 4.98 Å². The molecule has 1 fully saturated rings. The Morgan fingerprint density at radius 1 is 0.833 bits per heavy atom. The van der Waals surface area contributed by atoms with Crippen molar-refractivity contribution >= 4 is 21.7 Å². The summed E-state index contributed by atoms with van der Waals surface area (Å²) in [5, 5.41) is 4.05. The number of pyridine rings is 1. The Bertz CT molecular complexity index is 1220. The van der Waals surface area contributed by atoms with Crippen molar-refractivity contribution in [3.05, 3.63) is 77.4 Å². The third kappa shape index (κ3) is 3.51. The van der Waals surface area contributed by atoms with Crippen LogP contribution in [0.5, 0.6) is 0 Å². The molecule has 0 N–H and O–H groups in total. The first kappa shape index (κ1) is 19.3. The Hall–Kier alpha value is -2.67. The predicted octanol–water partition coefficient (Wildman–Crippen LogP) is 8.36. The lowest BCUT2D eigenvalue weighted by atomic mass is 9.70. The second-order valence-electron chi connectivity index (χ2n) is 10.1. The molecule has 0 amide bonds. The van der Waals surface area contributed by atoms with Crippen LogP contribution in [0.1, 0.15) is 62.1 Å². The molecule has 1 heteroatoms. The average molecular weight is 394 g/mol. The van der Waals surface area contributed by atoms with Crippen LogP contribution < -0.4 is 0 Å². The standard InChI is InChI=1S/C29H31N/c1-19-16-20(2)18-23(17-19)26-11-9-25-27(30-26)10-8-22-6-5-7-24(28(22)25)21-12-14-29(3,4)15-13-21/h5-11,16-18,21H,12-15H2,1-4H3. The van der Waals surface area contributed by atoms with Gasteiger partial charge >= 0.3 is 0 Å². The third-order valence-electron chi connectivity index (χ3n) is 7.04. The van der Waals surface area contributed by atoms with E-state index in [0.717, 1.165) is 11.2 Å². The molecule has 0 saturated heterocycles. The number of benzene rings is 3. The van der Waals surface area contributed by atoms with Gasteiger partial charge in [0.2, 0.25) is 0 Å². The van der Waals surface area contributed by atoms with Gasteiger partial charge in [0.25, 0.3) is 0 Å². The van der Waals surface area contributed by atoms with Crippen LogP contribution in [0.2, 0.25) is 0 Å². The highest BCUT2D eigenvalue weighted by molar-refractivity contribution is 6.08. The molecule has 0 spiro atoms. The normalized spacial score (nSPS) is 16.9. The van der Waals surface area contributed by atoms with Gasteiger partial charge in [-0.15, -0.1) is 0 Å². The fourth-order valence-corrected chi connectivity index (χ4v) is 5.35. The molecule has 5 rings (SSSR count). The largest absolute Gasteiger partial charge is 0.248 e. The van der Waals surface area contributed by atoms with Crippen LogP contribution in [-0.4, -0.2) is 4.98 Å². The van der Waals surface area contributed by atoms with Crippen molar-refractivity contribution in [2.24, 2.45) is 5.41 Å². The first-order valence-electron chi connectivity index (χ1n) is 11.3. The summed E-state index contributed by atoms with van der Waals surface area (Å²) in [6.45, 7) is 9.14. The van der Waals surface area contributed by atoms with Crippen LogP contribution in [0.4, 0.5) is 0 Å². The minimum absolute atomic E-state index is 0.492. The lowest BCUT2D eigenvalue weighted by Gasteiger charge is -2.35. The van der Waals surface area contributed by atoms with E-state index in [4.69, 9.17) is 4.98 Å². The molecule has 0 aliphatic heterocycles. The molecule has 0 unspecified atom stereocenters. The smallest absolute Gasteiger partial charge is 0.0716 e. The Labute approximate surface area is 180 Å². The van der Waals surface area contributed by atoms with Crippen molar-refractivity contribution in [2.45, 2.75) is 59.3 Å². The molecule has 1 saturated carbocycles. The van der Waals surface area contributed by atoms with Crippen LogP contribution in [-0.2, 0) is 0 Å². The number of aromatic nitrogens is 1. The van der Waals surface area contributed by atoms with Gasteiger partial charge in [-0.25, -0.2) is 4.98 Å². The molecule has 0 atom stereocenters. The third-order valence-corrected chi connectivity index (χ3v) is 7.04. The molecule has 0 radical (unpaired) electrons. The van der Waals surface area contributed by atoms with Gasteiger partial charge in [0.05, 0.1) is 11.2 Å². The van der Waals surface area contributed by atoms with Crippen LogP contribution >= 0.6 is 0 Å². The molecule has 30 heavy (non-hydrogen) atoms. The van der Waals surface area contributed by atoms with E-state index in [-0.39, 0.29) is 0 Å². The van der Waals surface area contributed by atoms with Gasteiger partial charge in [0.15, 0.2) is 0 Å². The highest BCUT2D eigenvalue weighted by atomic mass is 14.7. The maximum absolute atomic E-state index is 5.09. The van der Waals surface area contributed by atoms with E-state index in [1.165, 1.54) is 64.1 Å². The summed E-state index contributed by atoms with van der Waals surface area (Å²) in [5.41, 5.74) is 7.95. The Kier molecular flexibility index (Phi) is 4.65. The number of hydrogen-bond donors (Lipinski definition) is 0. The Balaban J connectivity index is 1.64. The van der Waals surface area contributed by atoms with Gasteiger partial charge in [0, 0.05) is 10.9 Å². The van der Waals surface area contributed by atoms with E-state index in [1.54, 1.807) is 0 Å². The van der Waals surface area contributed by atoms with Crippen LogP contribution in [0.15, 0.2) is 60.7 Å². The monoisotopic (exact) mass is 393 g/mol. The van der Waals surface area contributed by atoms with E-state index in [9.17, 15) is 0 Å². The summed E-state index contributed by atoms with van der Waals surface area (Å²) < 4.78 is 0. The van der Waals surface area contributed by atoms with Crippen LogP contribution in [0, 0.1) is 19.3 Å². The Morgan fingerprint density at radius 3 is 2.30 bits per heavy atom. The molecule has 1 heterocycles. The van der Waals surface area contributed by atoms with Gasteiger partial charge in [-0.05, 0) is 91.5 Å². The predicted molar refractivity (Wildman–Crippen MR) is 129 cm³/mol. The van der Waals surface area contributed by atoms with E-state index in [1.807, 2.05) is 0 Å². The summed E-state index contributed by atoms with van der Waals surface area (Å²) in [7, 11) is 0. The zero-order valence-electron chi connectivity index (χ0n) is 18.6. The topological polar surface area (TPSA) is 12.9 Å². The summed E-state index contributed by atoms with van der Waals surface area (Å²) in [5.74, 6) is 0.659. The average Bonchev–Trinajstić information content (AvgIpc) is 2.72. The lowest BCUT2D eigenvalue weighted by molar-refractivity contribution is 0.225. The molecule has 3 aromatic carbocycles. The molecule has 0 bridgehead atoms. The molecular formula is C29H31N. The fraction of sp³-hybridized carbons (Fsp3) is 0.345. The molecule has 1 nitrogen and oxygen atoms in total. The number of rotatable bonds is 2. The summed E-state index contributed by atoms with van der Waals surface area (Å²) in [6, 6.07) is 22.5. The molecule has 1 aliphatic rings. The van der Waals surface area contributed by atoms with Crippen molar-refractivity contribution < 1.29 is 0 Å². The minimum Gasteiger partial charge on any atom is -0.248 e. The van der Waals surface area contributed by atoms with Crippen LogP contribution in [0.3, 0.4) is 0 Å². The summed E-state index contributed by atoms with van der Waals surface area (Å²) in [4.78, 5) is 5.09. The maximum atomic E-state index is 5.09. The zero-order valence-corrected chi connectivity index (χ0v) is 18.6. The van der Waals surface area contributed by atoms with E-state index in [0.29, 0.717) is 11.3 Å². The van der Waals surface area contributed by atoms with E-state index in [2.05, 4.69) is 88.4 Å². The quantitative estimate of drug-likeness (QED) is 0.312. The molecule has 1 aliphatic carbocycles. The second kappa shape index (κ2) is 7.23. The summed E-state index contributed by atoms with van der Waals surface area (Å²) in [6.07, 6.45) is 5.20. The van der Waals surface area contributed by atoms with Crippen molar-refractivity contribution in [1.29, 1.82) is 0 Å². The minimum atomic E-state index is 0.492. The van der Waals surface area contributed by atoms with Gasteiger partial charge < -0.3 is 0 Å². The molecule has 4 aromatic rings. The van der Waals surface area contributed by atoms with Crippen molar-refractivity contribution in [3.8, 4) is 11.3 Å². The summed E-state index contributed by atoms with van der Waals surface area (Å²) >= 11 is 0. The first-order valence-corrected chi connectivity index (χ1v) is 11.3. The number of hydrogen-bond acceptors (Lipinski definition) is 1. The first-order chi connectivity index (χ1) is 14.4. The lowest BCUT2D eigenvalue weighted by Crippen LogP contribution is -2.20. The highest BCUT2D eigenvalue weighted by Gasteiger charge is 2.28. The van der Waals surface area contributed by atoms with Crippen LogP contribution in [0.25, 0.3) is 32.9 Å². The zero-order chi connectivity index (χ0) is 20.9. The van der Waals surface area contributed by atoms with Gasteiger partial charge in [0.1, 0.15) is 0 Å². The number of aryl methyl sites for hydroxylation is 2. The maximum Gasteiger partial charge on any atom is 0.0716 e. The van der Waals surface area contributed by atoms with Crippen molar-refractivity contribution in [2.75, 3.05) is 0 Å². The number of fused-ring (bicyclic) bond motifs is 3. The SMILES string of the molecule is Cc1cc(C)cc(-c2ccc3c(ccc4cccc(C5CCC(C)(C)CC5)c43)n2)c1. The number of nitrogens with zero attached hydrogens (tertiary/aromatic N) is 1. The molecular weight excluding hydrogens is 362 g/mol. The van der Waals surface area contributed by atoms with E-state index < -0.39 is 0 Å². The highest BCUT2D eigenvalue weighted by Crippen LogP contribution is 2.45. The van der Waals surface area contributed by atoms with Gasteiger partial charge in [-0.3, -0.25) is 0 Å².